The molecule has 12 heteroatoms. The summed E-state index contributed by atoms with van der Waals surface area (Å²) in [5, 5.41) is 11.3. The third-order valence-corrected chi connectivity index (χ3v) is 7.38. The lowest BCUT2D eigenvalue weighted by atomic mass is 10.0. The Morgan fingerprint density at radius 1 is 1.07 bits per heavy atom. The highest BCUT2D eigenvalue weighted by Gasteiger charge is 2.34. The van der Waals surface area contributed by atoms with Gasteiger partial charge in [0.05, 0.1) is 33.0 Å². The number of rotatable bonds is 12. The predicted molar refractivity (Wildman–Crippen MR) is 155 cm³/mol. The summed E-state index contributed by atoms with van der Waals surface area (Å²) < 4.78 is 37.6. The van der Waals surface area contributed by atoms with Gasteiger partial charge in [0.15, 0.2) is 11.5 Å². The first kappa shape index (κ1) is 29.8. The highest BCUT2D eigenvalue weighted by Crippen LogP contribution is 2.41. The second kappa shape index (κ2) is 13.5. The normalized spacial score (nSPS) is 15.2. The third-order valence-electron chi connectivity index (χ3n) is 7.38. The maximum atomic E-state index is 14.2. The topological polar surface area (TPSA) is 117 Å². The SMILES string of the molecule is COc1cc([C@H](C(=O)NC[C@H]2CCCO2)N(Cc2ccc(F)cc2)C(=O)Cn2nnc3ccccc32)cc(OC)c1OC. The second-order valence-corrected chi connectivity index (χ2v) is 10.1. The molecule has 0 bridgehead atoms. The molecule has 0 unspecified atom stereocenters. The lowest BCUT2D eigenvalue weighted by Gasteiger charge is -2.32. The Morgan fingerprint density at radius 3 is 2.44 bits per heavy atom. The average Bonchev–Trinajstić information content (AvgIpc) is 3.70. The van der Waals surface area contributed by atoms with Gasteiger partial charge in [-0.1, -0.05) is 29.5 Å². The summed E-state index contributed by atoms with van der Waals surface area (Å²) in [4.78, 5) is 29.7. The predicted octanol–water partition coefficient (Wildman–Crippen LogP) is 3.66. The van der Waals surface area contributed by atoms with Crippen molar-refractivity contribution in [2.75, 3.05) is 34.5 Å². The molecule has 3 aromatic carbocycles. The number of ether oxygens (including phenoxy) is 4. The van der Waals surface area contributed by atoms with E-state index in [9.17, 15) is 14.0 Å². The van der Waals surface area contributed by atoms with Crippen LogP contribution >= 0.6 is 0 Å². The number of nitrogens with one attached hydrogen (secondary N) is 1. The molecule has 4 aromatic rings. The molecule has 2 amide bonds. The maximum Gasteiger partial charge on any atom is 0.247 e. The van der Waals surface area contributed by atoms with Crippen LogP contribution in [0.25, 0.3) is 11.0 Å². The van der Waals surface area contributed by atoms with Crippen molar-refractivity contribution in [2.45, 2.75) is 38.1 Å². The van der Waals surface area contributed by atoms with Gasteiger partial charge in [-0.05, 0) is 60.4 Å². The lowest BCUT2D eigenvalue weighted by Crippen LogP contribution is -2.46. The van der Waals surface area contributed by atoms with Gasteiger partial charge in [-0.15, -0.1) is 5.10 Å². The smallest absolute Gasteiger partial charge is 0.247 e. The number of aromatic nitrogens is 3. The maximum absolute atomic E-state index is 14.2. The van der Waals surface area contributed by atoms with Crippen LogP contribution in [0.5, 0.6) is 17.2 Å². The molecule has 1 fully saturated rings. The van der Waals surface area contributed by atoms with E-state index in [-0.39, 0.29) is 25.7 Å². The number of amides is 2. The van der Waals surface area contributed by atoms with Crippen LogP contribution in [0.3, 0.4) is 0 Å². The minimum Gasteiger partial charge on any atom is -0.493 e. The first-order chi connectivity index (χ1) is 20.9. The molecule has 43 heavy (non-hydrogen) atoms. The molecular weight excluding hydrogens is 557 g/mol. The first-order valence-corrected chi connectivity index (χ1v) is 13.9. The van der Waals surface area contributed by atoms with Gasteiger partial charge in [0, 0.05) is 19.7 Å². The Morgan fingerprint density at radius 2 is 1.79 bits per heavy atom. The van der Waals surface area contributed by atoms with E-state index < -0.39 is 23.7 Å². The Kier molecular flexibility index (Phi) is 9.35. The van der Waals surface area contributed by atoms with E-state index in [4.69, 9.17) is 18.9 Å². The van der Waals surface area contributed by atoms with Crippen LogP contribution in [-0.4, -0.2) is 72.3 Å². The van der Waals surface area contributed by atoms with E-state index in [1.165, 1.54) is 43.0 Å². The van der Waals surface area contributed by atoms with E-state index in [1.807, 2.05) is 18.2 Å². The van der Waals surface area contributed by atoms with Crippen LogP contribution in [0.1, 0.15) is 30.0 Å². The summed E-state index contributed by atoms with van der Waals surface area (Å²) in [6.45, 7) is 0.728. The van der Waals surface area contributed by atoms with Gasteiger partial charge in [-0.25, -0.2) is 9.07 Å². The molecule has 1 aliphatic heterocycles. The second-order valence-electron chi connectivity index (χ2n) is 10.1. The number of benzene rings is 3. The first-order valence-electron chi connectivity index (χ1n) is 13.9. The number of halogens is 1. The van der Waals surface area contributed by atoms with Crippen molar-refractivity contribution in [1.29, 1.82) is 0 Å². The van der Waals surface area contributed by atoms with Gasteiger partial charge < -0.3 is 29.2 Å². The van der Waals surface area contributed by atoms with Crippen molar-refractivity contribution in [3.05, 3.63) is 77.6 Å². The Balaban J connectivity index is 1.58. The van der Waals surface area contributed by atoms with Crippen molar-refractivity contribution < 1.29 is 32.9 Å². The molecule has 0 saturated carbocycles. The standard InChI is InChI=1S/C31H34FN5O6/c1-40-26-15-21(16-27(41-2)30(26)42-3)29(31(39)33-17-23-7-6-14-43-23)36(18-20-10-12-22(32)13-11-20)28(38)19-37-25-9-5-4-8-24(25)34-35-37/h4-5,8-13,15-16,23,29H,6-7,14,17-19H2,1-3H3,(H,33,39)/t23-,29-/m1/s1. The van der Waals surface area contributed by atoms with Crippen molar-refractivity contribution in [2.24, 2.45) is 0 Å². The van der Waals surface area contributed by atoms with Gasteiger partial charge in [-0.2, -0.15) is 0 Å². The Labute approximate surface area is 248 Å². The number of carbonyl (C=O) groups is 2. The van der Waals surface area contributed by atoms with Gasteiger partial charge in [0.2, 0.25) is 17.6 Å². The van der Waals surface area contributed by atoms with Gasteiger partial charge in [0.25, 0.3) is 0 Å². The summed E-state index contributed by atoms with van der Waals surface area (Å²) in [7, 11) is 4.44. The van der Waals surface area contributed by atoms with Gasteiger partial charge in [-0.3, -0.25) is 9.59 Å². The fourth-order valence-electron chi connectivity index (χ4n) is 5.21. The molecule has 2 atom stereocenters. The van der Waals surface area contributed by atoms with E-state index >= 15 is 0 Å². The molecule has 1 N–H and O–H groups in total. The van der Waals surface area contributed by atoms with Gasteiger partial charge >= 0.3 is 0 Å². The fraction of sp³-hybridized carbons (Fsp3) is 0.355. The molecule has 0 aliphatic carbocycles. The number of hydrogen-bond acceptors (Lipinski definition) is 8. The van der Waals surface area contributed by atoms with Gasteiger partial charge in [0.1, 0.15) is 23.9 Å². The molecule has 226 valence electrons. The molecule has 2 heterocycles. The molecule has 0 radical (unpaired) electrons. The minimum atomic E-state index is -1.14. The third kappa shape index (κ3) is 6.69. The zero-order chi connectivity index (χ0) is 30.3. The molecule has 1 aliphatic rings. The Hall–Kier alpha value is -4.71. The number of para-hydroxylation sites is 1. The van der Waals surface area contributed by atoms with E-state index in [2.05, 4.69) is 15.6 Å². The van der Waals surface area contributed by atoms with E-state index in [0.29, 0.717) is 46.0 Å². The molecule has 1 aromatic heterocycles. The number of carbonyl (C=O) groups excluding carboxylic acids is 2. The summed E-state index contributed by atoms with van der Waals surface area (Å²) in [6.07, 6.45) is 1.62. The zero-order valence-corrected chi connectivity index (χ0v) is 24.3. The van der Waals surface area contributed by atoms with Crippen molar-refractivity contribution in [3.8, 4) is 17.2 Å². The highest BCUT2D eigenvalue weighted by molar-refractivity contribution is 5.89. The monoisotopic (exact) mass is 591 g/mol. The fourth-order valence-corrected chi connectivity index (χ4v) is 5.21. The van der Waals surface area contributed by atoms with Crippen LogP contribution in [-0.2, 0) is 27.4 Å². The van der Waals surface area contributed by atoms with E-state index in [0.717, 1.165) is 12.8 Å². The van der Waals surface area contributed by atoms with Crippen LogP contribution in [0.15, 0.2) is 60.7 Å². The van der Waals surface area contributed by atoms with E-state index in [1.54, 1.807) is 30.3 Å². The number of nitrogens with zero attached hydrogens (tertiary/aromatic N) is 4. The molecule has 0 spiro atoms. The zero-order valence-electron chi connectivity index (χ0n) is 24.3. The van der Waals surface area contributed by atoms with Crippen molar-refractivity contribution in [1.82, 2.24) is 25.2 Å². The average molecular weight is 592 g/mol. The van der Waals surface area contributed by atoms with Crippen molar-refractivity contribution in [3.63, 3.8) is 0 Å². The largest absolute Gasteiger partial charge is 0.493 e. The summed E-state index contributed by atoms with van der Waals surface area (Å²) in [5.41, 5.74) is 2.36. The molecule has 1 saturated heterocycles. The highest BCUT2D eigenvalue weighted by atomic mass is 19.1. The minimum absolute atomic E-state index is 0.000415. The number of hydrogen-bond donors (Lipinski definition) is 1. The van der Waals surface area contributed by atoms with Crippen molar-refractivity contribution >= 4 is 22.8 Å². The Bertz CT molecular complexity index is 1550. The summed E-state index contributed by atoms with van der Waals surface area (Å²) in [6, 6.07) is 15.2. The van der Waals surface area contributed by atoms with Crippen LogP contribution in [0, 0.1) is 5.82 Å². The molecule has 11 nitrogen and oxygen atoms in total. The number of methoxy groups -OCH3 is 3. The molecule has 5 rings (SSSR count). The van der Waals surface area contributed by atoms with Crippen LogP contribution < -0.4 is 19.5 Å². The quantitative estimate of drug-likeness (QED) is 0.265. The summed E-state index contributed by atoms with van der Waals surface area (Å²) >= 11 is 0. The molecular formula is C31H34FN5O6. The lowest BCUT2D eigenvalue weighted by molar-refractivity contribution is -0.142. The van der Waals surface area contributed by atoms with Crippen LogP contribution in [0.4, 0.5) is 4.39 Å². The van der Waals surface area contributed by atoms with Crippen LogP contribution in [0.2, 0.25) is 0 Å². The summed E-state index contributed by atoms with van der Waals surface area (Å²) in [5.74, 6) is -0.255. The number of fused-ring (bicyclic) bond motifs is 1.